The van der Waals surface area contributed by atoms with Crippen molar-refractivity contribution in [1.82, 2.24) is 15.3 Å². The highest BCUT2D eigenvalue weighted by molar-refractivity contribution is 6.07. The maximum Gasteiger partial charge on any atom is 0.252 e. The molecule has 2 aromatic heterocycles. The molecule has 138 valence electrons. The van der Waals surface area contributed by atoms with Gasteiger partial charge in [-0.15, -0.1) is 0 Å². The third kappa shape index (κ3) is 3.76. The van der Waals surface area contributed by atoms with E-state index >= 15 is 0 Å². The Hall–Kier alpha value is -3.53. The van der Waals surface area contributed by atoms with Crippen LogP contribution in [0.4, 0.5) is 0 Å². The molecule has 4 nitrogen and oxygen atoms in total. The molecule has 0 aliphatic carbocycles. The van der Waals surface area contributed by atoms with Crippen LogP contribution in [-0.4, -0.2) is 15.9 Å². The van der Waals surface area contributed by atoms with Crippen LogP contribution in [0.3, 0.4) is 0 Å². The van der Waals surface area contributed by atoms with Gasteiger partial charge in [-0.05, 0) is 36.2 Å². The van der Waals surface area contributed by atoms with E-state index in [9.17, 15) is 4.79 Å². The van der Waals surface area contributed by atoms with Gasteiger partial charge in [0.2, 0.25) is 0 Å². The number of amides is 1. The first kappa shape index (κ1) is 17.9. The molecule has 28 heavy (non-hydrogen) atoms. The zero-order valence-corrected chi connectivity index (χ0v) is 15.7. The molecular weight excluding hydrogens is 346 g/mol. The molecule has 2 aromatic carbocycles. The van der Waals surface area contributed by atoms with Gasteiger partial charge in [-0.2, -0.15) is 0 Å². The van der Waals surface area contributed by atoms with Gasteiger partial charge in [0, 0.05) is 29.4 Å². The van der Waals surface area contributed by atoms with E-state index in [4.69, 9.17) is 4.98 Å². The van der Waals surface area contributed by atoms with Crippen molar-refractivity contribution in [1.29, 1.82) is 0 Å². The van der Waals surface area contributed by atoms with Crippen molar-refractivity contribution in [2.24, 2.45) is 0 Å². The average molecular weight is 367 g/mol. The van der Waals surface area contributed by atoms with E-state index in [0.29, 0.717) is 12.1 Å². The number of para-hydroxylation sites is 1. The van der Waals surface area contributed by atoms with E-state index in [2.05, 4.69) is 17.2 Å². The second-order valence-corrected chi connectivity index (χ2v) is 6.63. The molecule has 0 spiro atoms. The molecule has 0 unspecified atom stereocenters. The molecule has 0 aliphatic heterocycles. The fourth-order valence-electron chi connectivity index (χ4n) is 3.23. The normalized spacial score (nSPS) is 10.8. The number of hydrogen-bond donors (Lipinski definition) is 1. The monoisotopic (exact) mass is 367 g/mol. The topological polar surface area (TPSA) is 54.9 Å². The number of pyridine rings is 2. The molecule has 2 heterocycles. The zero-order chi connectivity index (χ0) is 19.3. The van der Waals surface area contributed by atoms with Crippen LogP contribution in [0, 0.1) is 0 Å². The van der Waals surface area contributed by atoms with E-state index in [0.717, 1.165) is 39.8 Å². The predicted octanol–water partition coefficient (Wildman–Crippen LogP) is 4.79. The lowest BCUT2D eigenvalue weighted by Gasteiger charge is -2.11. The molecule has 4 rings (SSSR count). The Morgan fingerprint density at radius 3 is 2.57 bits per heavy atom. The first-order valence-corrected chi connectivity index (χ1v) is 9.42. The summed E-state index contributed by atoms with van der Waals surface area (Å²) in [7, 11) is 0. The van der Waals surface area contributed by atoms with Gasteiger partial charge in [0.15, 0.2) is 0 Å². The van der Waals surface area contributed by atoms with Crippen LogP contribution >= 0.6 is 0 Å². The number of nitrogens with one attached hydrogen (secondary N) is 1. The highest BCUT2D eigenvalue weighted by atomic mass is 16.1. The molecule has 0 aliphatic rings. The highest BCUT2D eigenvalue weighted by Crippen LogP contribution is 2.24. The van der Waals surface area contributed by atoms with E-state index < -0.39 is 0 Å². The summed E-state index contributed by atoms with van der Waals surface area (Å²) in [5.74, 6) is -0.106. The minimum atomic E-state index is -0.106. The van der Waals surface area contributed by atoms with Gasteiger partial charge in [-0.3, -0.25) is 9.78 Å². The summed E-state index contributed by atoms with van der Waals surface area (Å²) in [4.78, 5) is 22.1. The first-order chi connectivity index (χ1) is 13.7. The molecule has 0 atom stereocenters. The number of rotatable bonds is 5. The van der Waals surface area contributed by atoms with Crippen LogP contribution in [0.2, 0.25) is 0 Å². The lowest BCUT2D eigenvalue weighted by Crippen LogP contribution is -2.23. The summed E-state index contributed by atoms with van der Waals surface area (Å²) in [6.45, 7) is 2.53. The number of nitrogens with zero attached hydrogens (tertiary/aromatic N) is 2. The van der Waals surface area contributed by atoms with Crippen LogP contribution in [0.25, 0.3) is 22.2 Å². The minimum Gasteiger partial charge on any atom is -0.348 e. The number of aromatic nitrogens is 2. The van der Waals surface area contributed by atoms with Crippen LogP contribution < -0.4 is 5.32 Å². The van der Waals surface area contributed by atoms with Crippen molar-refractivity contribution in [2.45, 2.75) is 19.9 Å². The summed E-state index contributed by atoms with van der Waals surface area (Å²) < 4.78 is 0. The fraction of sp³-hybridized carbons (Fsp3) is 0.125. The molecule has 1 N–H and O–H groups in total. The third-order valence-electron chi connectivity index (χ3n) is 4.73. The second-order valence-electron chi connectivity index (χ2n) is 6.63. The number of benzene rings is 2. The standard InChI is InChI=1S/C24H21N3O/c1-2-19-14-17(12-13-25-19)16-26-24(28)21-15-23(18-8-4-3-5-9-18)27-22-11-7-6-10-20(21)22/h3-15H,2,16H2,1H3,(H,26,28). The quantitative estimate of drug-likeness (QED) is 0.552. The largest absolute Gasteiger partial charge is 0.348 e. The minimum absolute atomic E-state index is 0.106. The van der Waals surface area contributed by atoms with Gasteiger partial charge >= 0.3 is 0 Å². The Labute approximate surface area is 164 Å². The molecule has 0 saturated heterocycles. The van der Waals surface area contributed by atoms with Gasteiger partial charge in [0.1, 0.15) is 0 Å². The Balaban J connectivity index is 1.67. The molecule has 0 fully saturated rings. The van der Waals surface area contributed by atoms with Crippen LogP contribution in [0.1, 0.15) is 28.5 Å². The average Bonchev–Trinajstić information content (AvgIpc) is 2.77. The van der Waals surface area contributed by atoms with Crippen molar-refractivity contribution in [3.63, 3.8) is 0 Å². The second kappa shape index (κ2) is 8.01. The Bertz CT molecular complexity index is 1120. The number of aryl methyl sites for hydroxylation is 1. The van der Waals surface area contributed by atoms with E-state index in [-0.39, 0.29) is 5.91 Å². The van der Waals surface area contributed by atoms with Crippen LogP contribution in [-0.2, 0) is 13.0 Å². The van der Waals surface area contributed by atoms with Gasteiger partial charge in [0.05, 0.1) is 16.8 Å². The summed E-state index contributed by atoms with van der Waals surface area (Å²) in [6.07, 6.45) is 2.66. The van der Waals surface area contributed by atoms with Crippen LogP contribution in [0.5, 0.6) is 0 Å². The molecular formula is C24H21N3O. The van der Waals surface area contributed by atoms with Crippen molar-refractivity contribution in [3.8, 4) is 11.3 Å². The van der Waals surface area contributed by atoms with Crippen molar-refractivity contribution >= 4 is 16.8 Å². The van der Waals surface area contributed by atoms with Crippen LogP contribution in [0.15, 0.2) is 79.0 Å². The molecule has 0 radical (unpaired) electrons. The van der Waals surface area contributed by atoms with Crippen molar-refractivity contribution in [3.05, 3.63) is 95.8 Å². The first-order valence-electron chi connectivity index (χ1n) is 9.42. The smallest absolute Gasteiger partial charge is 0.252 e. The molecule has 0 saturated carbocycles. The van der Waals surface area contributed by atoms with E-state index in [1.165, 1.54) is 0 Å². The summed E-state index contributed by atoms with van der Waals surface area (Å²) in [5.41, 5.74) is 5.29. The number of hydrogen-bond acceptors (Lipinski definition) is 3. The maximum absolute atomic E-state index is 13.0. The van der Waals surface area contributed by atoms with Gasteiger partial charge in [0.25, 0.3) is 5.91 Å². The number of carbonyl (C=O) groups is 1. The lowest BCUT2D eigenvalue weighted by atomic mass is 10.0. The van der Waals surface area contributed by atoms with E-state index in [1.807, 2.05) is 72.8 Å². The Morgan fingerprint density at radius 1 is 0.964 bits per heavy atom. The number of fused-ring (bicyclic) bond motifs is 1. The predicted molar refractivity (Wildman–Crippen MR) is 112 cm³/mol. The van der Waals surface area contributed by atoms with Crippen molar-refractivity contribution < 1.29 is 4.79 Å². The Morgan fingerprint density at radius 2 is 1.75 bits per heavy atom. The fourth-order valence-corrected chi connectivity index (χ4v) is 3.23. The molecule has 1 amide bonds. The molecule has 0 bridgehead atoms. The highest BCUT2D eigenvalue weighted by Gasteiger charge is 2.13. The van der Waals surface area contributed by atoms with Crippen molar-refractivity contribution in [2.75, 3.05) is 0 Å². The summed E-state index contributed by atoms with van der Waals surface area (Å²) in [5, 5.41) is 3.89. The van der Waals surface area contributed by atoms with E-state index in [1.54, 1.807) is 6.20 Å². The maximum atomic E-state index is 13.0. The van der Waals surface area contributed by atoms with Gasteiger partial charge in [-0.1, -0.05) is 55.5 Å². The lowest BCUT2D eigenvalue weighted by molar-refractivity contribution is 0.0952. The Kier molecular flexibility index (Phi) is 5.11. The third-order valence-corrected chi connectivity index (χ3v) is 4.73. The summed E-state index contributed by atoms with van der Waals surface area (Å²) >= 11 is 0. The SMILES string of the molecule is CCc1cc(CNC(=O)c2cc(-c3ccccc3)nc3ccccc23)ccn1. The molecule has 4 heteroatoms. The summed E-state index contributed by atoms with van der Waals surface area (Å²) in [6, 6.07) is 23.5. The zero-order valence-electron chi connectivity index (χ0n) is 15.7. The number of carbonyl (C=O) groups excluding carboxylic acids is 1. The van der Waals surface area contributed by atoms with Gasteiger partial charge in [-0.25, -0.2) is 4.98 Å². The molecule has 4 aromatic rings. The van der Waals surface area contributed by atoms with Gasteiger partial charge < -0.3 is 5.32 Å².